The molecule has 0 atom stereocenters. The summed E-state index contributed by atoms with van der Waals surface area (Å²) >= 11 is 0. The zero-order valence-corrected chi connectivity index (χ0v) is 33.8. The quantitative estimate of drug-likeness (QED) is 0.0665. The molecule has 2 heterocycles. The maximum atomic E-state index is 12.8. The number of aliphatic imine (C=N–C) groups is 2. The standard InChI is InChI=1S/C46H56N6O6/c1-3-5-7-9-31-55-41-23-15-37(16-24-41)33-35-11-19-39(20-12-35)49-45-47-27-29-51(45)57-43(53)44(54)58-52-30-28-48-46(52)50-40-21-13-36(14-22-40)34-38-17-25-42(26-18-38)56-32-10-8-6-4-2/h11-26H,3-10,27-34H2,1-2H3,(H,47,49)(H,48,50). The summed E-state index contributed by atoms with van der Waals surface area (Å²) in [5, 5.41) is 8.91. The van der Waals surface area contributed by atoms with Gasteiger partial charge in [-0.25, -0.2) is 19.6 Å². The van der Waals surface area contributed by atoms with Gasteiger partial charge in [-0.2, -0.15) is 10.1 Å². The third-order valence-electron chi connectivity index (χ3n) is 9.77. The van der Waals surface area contributed by atoms with E-state index in [0.717, 1.165) is 72.9 Å². The van der Waals surface area contributed by atoms with Crippen LogP contribution >= 0.6 is 0 Å². The summed E-state index contributed by atoms with van der Waals surface area (Å²) in [6.45, 7) is 7.29. The molecule has 2 aliphatic heterocycles. The fourth-order valence-electron chi connectivity index (χ4n) is 6.51. The van der Waals surface area contributed by atoms with Gasteiger partial charge in [0.1, 0.15) is 11.5 Å². The summed E-state index contributed by atoms with van der Waals surface area (Å²) in [7, 11) is 0. The second-order valence-corrected chi connectivity index (χ2v) is 14.5. The fourth-order valence-corrected chi connectivity index (χ4v) is 6.51. The Kier molecular flexibility index (Phi) is 15.8. The second kappa shape index (κ2) is 22.0. The molecule has 12 nitrogen and oxygen atoms in total. The molecular formula is C46H56N6O6. The first-order chi connectivity index (χ1) is 28.4. The molecule has 0 amide bonds. The predicted octanol–water partition coefficient (Wildman–Crippen LogP) is 8.57. The Hall–Kier alpha value is -6.04. The van der Waals surface area contributed by atoms with Crippen molar-refractivity contribution in [3.05, 3.63) is 119 Å². The van der Waals surface area contributed by atoms with E-state index in [1.54, 1.807) is 0 Å². The number of benzene rings is 4. The Morgan fingerprint density at radius 2 is 0.879 bits per heavy atom. The summed E-state index contributed by atoms with van der Waals surface area (Å²) in [5.74, 6) is 0.113. The van der Waals surface area contributed by atoms with Crippen molar-refractivity contribution in [2.24, 2.45) is 9.98 Å². The van der Waals surface area contributed by atoms with Gasteiger partial charge in [-0.1, -0.05) is 101 Å². The smallest absolute Gasteiger partial charge is 0.444 e. The number of rotatable bonds is 20. The molecule has 0 saturated heterocycles. The maximum Gasteiger partial charge on any atom is 0.444 e. The SMILES string of the molecule is CCCCCCOc1ccc(Cc2ccc(NC3=NCCN3OC(=O)C(=O)ON3CCN=C3Nc3ccc(Cc4ccc(OCCCCCC)cc4)cc3)cc2)cc1. The zero-order valence-electron chi connectivity index (χ0n) is 33.8. The van der Waals surface area contributed by atoms with E-state index >= 15 is 0 Å². The van der Waals surface area contributed by atoms with Crippen molar-refractivity contribution in [2.45, 2.75) is 78.1 Å². The highest BCUT2D eigenvalue weighted by Gasteiger charge is 2.31. The molecule has 2 aliphatic rings. The van der Waals surface area contributed by atoms with Crippen LogP contribution < -0.4 is 20.1 Å². The van der Waals surface area contributed by atoms with Crippen LogP contribution in [0.1, 0.15) is 87.5 Å². The number of carbonyl (C=O) groups is 2. The minimum atomic E-state index is -1.16. The number of anilines is 2. The maximum absolute atomic E-state index is 12.8. The Balaban J connectivity index is 0.912. The number of nitrogens with zero attached hydrogens (tertiary/aromatic N) is 4. The summed E-state index contributed by atoms with van der Waals surface area (Å²) in [6.07, 6.45) is 11.0. The van der Waals surface area contributed by atoms with Crippen molar-refractivity contribution in [2.75, 3.05) is 50.0 Å². The van der Waals surface area contributed by atoms with Crippen LogP contribution in [0.15, 0.2) is 107 Å². The highest BCUT2D eigenvalue weighted by Crippen LogP contribution is 2.21. The molecule has 0 unspecified atom stereocenters. The molecular weight excluding hydrogens is 733 g/mol. The van der Waals surface area contributed by atoms with Crippen molar-refractivity contribution in [3.8, 4) is 11.5 Å². The van der Waals surface area contributed by atoms with Gasteiger partial charge in [-0.3, -0.25) is 0 Å². The van der Waals surface area contributed by atoms with Crippen molar-refractivity contribution in [1.82, 2.24) is 10.1 Å². The number of unbranched alkanes of at least 4 members (excludes halogenated alkanes) is 6. The molecule has 0 saturated carbocycles. The van der Waals surface area contributed by atoms with Gasteiger partial charge in [-0.15, -0.1) is 0 Å². The number of hydroxylamine groups is 4. The molecule has 0 aliphatic carbocycles. The highest BCUT2D eigenvalue weighted by molar-refractivity contribution is 6.30. The first kappa shape index (κ1) is 41.6. The van der Waals surface area contributed by atoms with E-state index in [1.165, 1.54) is 59.8 Å². The van der Waals surface area contributed by atoms with Crippen molar-refractivity contribution in [1.29, 1.82) is 0 Å². The minimum Gasteiger partial charge on any atom is -0.494 e. The Labute approximate surface area is 342 Å². The number of guanidine groups is 2. The number of hydrogen-bond donors (Lipinski definition) is 2. The monoisotopic (exact) mass is 788 g/mol. The van der Waals surface area contributed by atoms with E-state index in [1.807, 2.05) is 72.8 Å². The van der Waals surface area contributed by atoms with Gasteiger partial charge in [0.2, 0.25) is 11.9 Å². The van der Waals surface area contributed by atoms with E-state index < -0.39 is 11.9 Å². The summed E-state index contributed by atoms with van der Waals surface area (Å²) in [4.78, 5) is 45.3. The van der Waals surface area contributed by atoms with Crippen LogP contribution in [-0.2, 0) is 32.1 Å². The van der Waals surface area contributed by atoms with Gasteiger partial charge in [-0.05, 0) is 96.5 Å². The van der Waals surface area contributed by atoms with Crippen LogP contribution in [0, 0.1) is 0 Å². The van der Waals surface area contributed by atoms with E-state index in [-0.39, 0.29) is 0 Å². The second-order valence-electron chi connectivity index (χ2n) is 14.5. The molecule has 306 valence electrons. The highest BCUT2D eigenvalue weighted by atomic mass is 16.8. The average molecular weight is 789 g/mol. The van der Waals surface area contributed by atoms with Gasteiger partial charge in [0, 0.05) is 11.4 Å². The number of nitrogens with one attached hydrogen (secondary N) is 2. The lowest BCUT2D eigenvalue weighted by atomic mass is 10.0. The minimum absolute atomic E-state index is 0.296. The van der Waals surface area contributed by atoms with E-state index in [9.17, 15) is 9.59 Å². The van der Waals surface area contributed by atoms with Crippen LogP contribution in [0.25, 0.3) is 0 Å². The lowest BCUT2D eigenvalue weighted by Crippen LogP contribution is -2.41. The van der Waals surface area contributed by atoms with Crippen LogP contribution in [-0.4, -0.2) is 73.4 Å². The Morgan fingerprint density at radius 1 is 0.517 bits per heavy atom. The van der Waals surface area contributed by atoms with Crippen molar-refractivity contribution < 1.29 is 28.7 Å². The molecule has 4 aromatic rings. The van der Waals surface area contributed by atoms with Crippen molar-refractivity contribution in [3.63, 3.8) is 0 Å². The molecule has 6 rings (SSSR count). The van der Waals surface area contributed by atoms with Crippen molar-refractivity contribution >= 4 is 35.2 Å². The fraction of sp³-hybridized carbons (Fsp3) is 0.391. The number of carbonyl (C=O) groups excluding carboxylic acids is 2. The molecule has 58 heavy (non-hydrogen) atoms. The van der Waals surface area contributed by atoms with Crippen LogP contribution in [0.5, 0.6) is 11.5 Å². The average Bonchev–Trinajstić information content (AvgIpc) is 3.88. The van der Waals surface area contributed by atoms with Crippen LogP contribution in [0.2, 0.25) is 0 Å². The molecule has 0 spiro atoms. The first-order valence-corrected chi connectivity index (χ1v) is 20.7. The lowest BCUT2D eigenvalue weighted by molar-refractivity contribution is -0.198. The van der Waals surface area contributed by atoms with Gasteiger partial charge in [0.05, 0.1) is 39.4 Å². The zero-order chi connectivity index (χ0) is 40.4. The third-order valence-corrected chi connectivity index (χ3v) is 9.77. The Bertz CT molecular complexity index is 1810. The number of ether oxygens (including phenoxy) is 2. The summed E-state index contributed by atoms with van der Waals surface area (Å²) in [6, 6.07) is 32.4. The topological polar surface area (TPSA) is 126 Å². The first-order valence-electron chi connectivity index (χ1n) is 20.7. The molecule has 0 bridgehead atoms. The van der Waals surface area contributed by atoms with E-state index in [2.05, 4.69) is 58.7 Å². The van der Waals surface area contributed by atoms with Gasteiger partial charge in [0.15, 0.2) is 0 Å². The van der Waals surface area contributed by atoms with Crippen LogP contribution in [0.3, 0.4) is 0 Å². The molecule has 0 aromatic heterocycles. The molecule has 4 aromatic carbocycles. The molecule has 0 fully saturated rings. The molecule has 12 heteroatoms. The Morgan fingerprint density at radius 3 is 1.24 bits per heavy atom. The van der Waals surface area contributed by atoms with Gasteiger partial charge >= 0.3 is 11.9 Å². The normalized spacial score (nSPS) is 13.5. The lowest BCUT2D eigenvalue weighted by Gasteiger charge is -2.21. The molecule has 0 radical (unpaired) electrons. The summed E-state index contributed by atoms with van der Waals surface area (Å²) in [5.41, 5.74) is 6.20. The van der Waals surface area contributed by atoms with Crippen LogP contribution in [0.4, 0.5) is 11.4 Å². The predicted molar refractivity (Wildman–Crippen MR) is 228 cm³/mol. The number of hydrogen-bond acceptors (Lipinski definition) is 12. The van der Waals surface area contributed by atoms with E-state index in [0.29, 0.717) is 38.1 Å². The summed E-state index contributed by atoms with van der Waals surface area (Å²) < 4.78 is 11.7. The largest absolute Gasteiger partial charge is 0.494 e. The van der Waals surface area contributed by atoms with Gasteiger partial charge in [0.25, 0.3) is 0 Å². The molecule has 2 N–H and O–H groups in total. The van der Waals surface area contributed by atoms with E-state index in [4.69, 9.17) is 19.1 Å². The third kappa shape index (κ3) is 13.0. The van der Waals surface area contributed by atoms with Gasteiger partial charge < -0.3 is 29.8 Å².